The van der Waals surface area contributed by atoms with Crippen LogP contribution >= 0.6 is 0 Å². The Morgan fingerprint density at radius 1 is 1.21 bits per heavy atom. The van der Waals surface area contributed by atoms with Gasteiger partial charge in [0.05, 0.1) is 6.61 Å². The van der Waals surface area contributed by atoms with Crippen LogP contribution in [0.3, 0.4) is 0 Å². The molecule has 2 rings (SSSR count). The molecule has 0 amide bonds. The first-order valence-corrected chi connectivity index (χ1v) is 7.97. The van der Waals surface area contributed by atoms with Gasteiger partial charge in [-0.2, -0.15) is 0 Å². The lowest BCUT2D eigenvalue weighted by molar-refractivity contribution is 0.0718. The van der Waals surface area contributed by atoms with Crippen molar-refractivity contribution in [2.24, 2.45) is 11.8 Å². The number of aliphatic hydroxyl groups excluding tert-OH is 2. The quantitative estimate of drug-likeness (QED) is 0.611. The third kappa shape index (κ3) is 4.42. The zero-order valence-electron chi connectivity index (χ0n) is 12.2. The minimum Gasteiger partial charge on any atom is -0.396 e. The topological polar surface area (TPSA) is 55.7 Å². The Hall–Kier alpha value is -0.160. The van der Waals surface area contributed by atoms with Crippen LogP contribution in [0.25, 0.3) is 0 Å². The van der Waals surface area contributed by atoms with E-state index in [4.69, 9.17) is 5.11 Å². The maximum Gasteiger partial charge on any atom is 0.0556 e. The first kappa shape index (κ1) is 15.2. The monoisotopic (exact) mass is 270 g/mol. The highest BCUT2D eigenvalue weighted by Gasteiger charge is 2.37. The second-order valence-corrected chi connectivity index (χ2v) is 6.26. The van der Waals surface area contributed by atoms with E-state index in [1.807, 2.05) is 0 Å². The van der Waals surface area contributed by atoms with Crippen LogP contribution in [0.4, 0.5) is 0 Å². The molecule has 0 aromatic heterocycles. The van der Waals surface area contributed by atoms with E-state index in [0.717, 1.165) is 37.9 Å². The predicted octanol–water partition coefficient (Wildman–Crippen LogP) is 0.830. The summed E-state index contributed by atoms with van der Waals surface area (Å²) in [6.07, 6.45) is 6.08. The lowest BCUT2D eigenvalue weighted by Gasteiger charge is -2.42. The number of aliphatic hydroxyl groups is 2. The fraction of sp³-hybridized carbons (Fsp3) is 1.00. The summed E-state index contributed by atoms with van der Waals surface area (Å²) in [6, 6.07) is 1.21. The van der Waals surface area contributed by atoms with E-state index >= 15 is 0 Å². The Kier molecular flexibility index (Phi) is 6.07. The number of hydrogen-bond donors (Lipinski definition) is 3. The Balaban J connectivity index is 1.92. The second kappa shape index (κ2) is 7.58. The fourth-order valence-corrected chi connectivity index (χ4v) is 3.69. The second-order valence-electron chi connectivity index (χ2n) is 6.26. The zero-order valence-corrected chi connectivity index (χ0v) is 12.2. The summed E-state index contributed by atoms with van der Waals surface area (Å²) in [7, 11) is 0. The van der Waals surface area contributed by atoms with E-state index in [-0.39, 0.29) is 6.61 Å². The van der Waals surface area contributed by atoms with Gasteiger partial charge in [-0.1, -0.05) is 6.92 Å². The van der Waals surface area contributed by atoms with Gasteiger partial charge in [0.15, 0.2) is 0 Å². The Labute approximate surface area is 117 Å². The van der Waals surface area contributed by atoms with Crippen LogP contribution in [0.1, 0.15) is 39.0 Å². The van der Waals surface area contributed by atoms with Crippen molar-refractivity contribution in [3.05, 3.63) is 0 Å². The van der Waals surface area contributed by atoms with Crippen LogP contribution in [0.5, 0.6) is 0 Å². The highest BCUT2D eigenvalue weighted by atomic mass is 16.3. The van der Waals surface area contributed by atoms with Crippen molar-refractivity contribution in [2.45, 2.75) is 51.1 Å². The van der Waals surface area contributed by atoms with Crippen LogP contribution in [0, 0.1) is 11.8 Å². The number of piperidine rings is 1. The maximum atomic E-state index is 9.21. The third-order valence-electron chi connectivity index (χ3n) is 4.70. The molecule has 112 valence electrons. The number of hydrogen-bond acceptors (Lipinski definition) is 4. The molecule has 3 atom stereocenters. The highest BCUT2D eigenvalue weighted by molar-refractivity contribution is 4.93. The van der Waals surface area contributed by atoms with Gasteiger partial charge < -0.3 is 15.5 Å². The molecule has 1 saturated carbocycles. The molecular weight excluding hydrogens is 240 g/mol. The smallest absolute Gasteiger partial charge is 0.0556 e. The lowest BCUT2D eigenvalue weighted by Crippen LogP contribution is -2.53. The number of rotatable bonds is 8. The van der Waals surface area contributed by atoms with Gasteiger partial charge in [-0.15, -0.1) is 0 Å². The number of likely N-dealkylation sites (tertiary alicyclic amines) is 1. The fourth-order valence-electron chi connectivity index (χ4n) is 3.69. The van der Waals surface area contributed by atoms with Crippen molar-refractivity contribution in [1.82, 2.24) is 10.2 Å². The minimum absolute atomic E-state index is 0.209. The van der Waals surface area contributed by atoms with Gasteiger partial charge in [0.1, 0.15) is 0 Å². The van der Waals surface area contributed by atoms with Gasteiger partial charge in [0, 0.05) is 38.3 Å². The summed E-state index contributed by atoms with van der Waals surface area (Å²) in [5.41, 5.74) is 0. The molecule has 1 saturated heterocycles. The van der Waals surface area contributed by atoms with Gasteiger partial charge in [0.25, 0.3) is 0 Å². The summed E-state index contributed by atoms with van der Waals surface area (Å²) < 4.78 is 0. The normalized spacial score (nSPS) is 30.5. The van der Waals surface area contributed by atoms with Gasteiger partial charge in [-0.05, 0) is 43.9 Å². The molecule has 2 fully saturated rings. The van der Waals surface area contributed by atoms with Gasteiger partial charge >= 0.3 is 0 Å². The molecular formula is C15H30N2O2. The molecule has 2 aliphatic rings. The van der Waals surface area contributed by atoms with Crippen LogP contribution in [0.2, 0.25) is 0 Å². The zero-order chi connectivity index (χ0) is 13.7. The summed E-state index contributed by atoms with van der Waals surface area (Å²) >= 11 is 0. The predicted molar refractivity (Wildman–Crippen MR) is 77.1 cm³/mol. The van der Waals surface area contributed by atoms with Crippen molar-refractivity contribution < 1.29 is 10.2 Å². The Bertz CT molecular complexity index is 259. The molecule has 0 bridgehead atoms. The van der Waals surface area contributed by atoms with Crippen molar-refractivity contribution in [3.8, 4) is 0 Å². The summed E-state index contributed by atoms with van der Waals surface area (Å²) in [6.45, 7) is 5.75. The van der Waals surface area contributed by atoms with Crippen LogP contribution in [-0.4, -0.2) is 60.0 Å². The Morgan fingerprint density at radius 2 is 2.00 bits per heavy atom. The lowest BCUT2D eigenvalue weighted by atomic mass is 9.89. The van der Waals surface area contributed by atoms with Crippen molar-refractivity contribution in [1.29, 1.82) is 0 Å². The molecule has 0 spiro atoms. The van der Waals surface area contributed by atoms with Crippen molar-refractivity contribution in [2.75, 3.05) is 32.8 Å². The van der Waals surface area contributed by atoms with E-state index in [2.05, 4.69) is 17.1 Å². The summed E-state index contributed by atoms with van der Waals surface area (Å²) in [5.74, 6) is 1.51. The number of nitrogens with zero attached hydrogens (tertiary/aromatic N) is 1. The number of nitrogens with one attached hydrogen (secondary N) is 1. The largest absolute Gasteiger partial charge is 0.396 e. The van der Waals surface area contributed by atoms with Gasteiger partial charge in [-0.3, -0.25) is 4.90 Å². The average molecular weight is 270 g/mol. The molecule has 1 heterocycles. The molecule has 0 aromatic carbocycles. The van der Waals surface area contributed by atoms with E-state index in [1.54, 1.807) is 0 Å². The summed E-state index contributed by atoms with van der Waals surface area (Å²) in [5, 5.41) is 21.6. The molecule has 1 aliphatic carbocycles. The first-order valence-electron chi connectivity index (χ1n) is 7.97. The molecule has 3 unspecified atom stereocenters. The highest BCUT2D eigenvalue weighted by Crippen LogP contribution is 2.38. The van der Waals surface area contributed by atoms with Crippen molar-refractivity contribution >= 4 is 0 Å². The SMILES string of the molecule is CCC(C1CC1)N1CC(CCO)CC(NCCO)C1. The van der Waals surface area contributed by atoms with E-state index in [0.29, 0.717) is 25.1 Å². The van der Waals surface area contributed by atoms with Crippen LogP contribution in [-0.2, 0) is 0 Å². The molecule has 0 aromatic rings. The molecule has 19 heavy (non-hydrogen) atoms. The van der Waals surface area contributed by atoms with Gasteiger partial charge in [0.2, 0.25) is 0 Å². The maximum absolute atomic E-state index is 9.21. The van der Waals surface area contributed by atoms with Crippen molar-refractivity contribution in [3.63, 3.8) is 0 Å². The van der Waals surface area contributed by atoms with E-state index in [9.17, 15) is 5.11 Å². The average Bonchev–Trinajstić information content (AvgIpc) is 3.22. The third-order valence-corrected chi connectivity index (χ3v) is 4.70. The van der Waals surface area contributed by atoms with Gasteiger partial charge in [-0.25, -0.2) is 0 Å². The van der Waals surface area contributed by atoms with Crippen LogP contribution in [0.15, 0.2) is 0 Å². The Morgan fingerprint density at radius 3 is 2.58 bits per heavy atom. The standard InChI is InChI=1S/C15H30N2O2/c1-2-15(13-3-4-13)17-10-12(5-7-18)9-14(11-17)16-6-8-19/h12-16,18-19H,2-11H2,1H3. The first-order chi connectivity index (χ1) is 9.28. The molecule has 0 radical (unpaired) electrons. The van der Waals surface area contributed by atoms with E-state index in [1.165, 1.54) is 19.3 Å². The summed E-state index contributed by atoms with van der Waals surface area (Å²) in [4.78, 5) is 2.65. The molecule has 3 N–H and O–H groups in total. The van der Waals surface area contributed by atoms with Crippen LogP contribution < -0.4 is 5.32 Å². The molecule has 1 aliphatic heterocycles. The molecule has 4 nitrogen and oxygen atoms in total. The molecule has 4 heteroatoms. The minimum atomic E-state index is 0.209. The van der Waals surface area contributed by atoms with E-state index < -0.39 is 0 Å².